The predicted molar refractivity (Wildman–Crippen MR) is 133 cm³/mol. The van der Waals surface area contributed by atoms with Gasteiger partial charge >= 0.3 is 0 Å². The van der Waals surface area contributed by atoms with Gasteiger partial charge in [-0.15, -0.1) is 9.03 Å². The van der Waals surface area contributed by atoms with Gasteiger partial charge in [0.2, 0.25) is 0 Å². The third kappa shape index (κ3) is 5.28. The van der Waals surface area contributed by atoms with Crippen LogP contribution in [-0.2, 0) is 11.5 Å². The lowest BCUT2D eigenvalue weighted by atomic mass is 10.0. The minimum absolute atomic E-state index is 0.136. The van der Waals surface area contributed by atoms with Crippen molar-refractivity contribution < 1.29 is 22.9 Å². The molecule has 1 aliphatic carbocycles. The van der Waals surface area contributed by atoms with Crippen LogP contribution in [0.15, 0.2) is 42.7 Å². The molecule has 1 N–H and O–H groups in total. The standard InChI is InChI=1S/C25H29F2N5O3S/c1-3-30(2)36(34)29-25(33)22-13-28-32-7-6-20(12-24(22)32)31-14-19(27)11-23(31)17-8-18(26)10-21(9-17)35-15-16-4-5-16/h6-10,12-13,16,19,23H,3-5,11,14-15H2,1-2H3,(H,29,33)/t19?,23-,36?/m1/s1. The van der Waals surface area contributed by atoms with Crippen molar-refractivity contribution in [2.75, 3.05) is 31.6 Å². The number of pyridine rings is 1. The summed E-state index contributed by atoms with van der Waals surface area (Å²) in [6.45, 7) is 3.03. The Balaban J connectivity index is 1.42. The van der Waals surface area contributed by atoms with Crippen LogP contribution in [0.5, 0.6) is 5.75 Å². The fourth-order valence-corrected chi connectivity index (χ4v) is 5.06. The predicted octanol–water partition coefficient (Wildman–Crippen LogP) is 3.81. The van der Waals surface area contributed by atoms with E-state index in [-0.39, 0.29) is 18.5 Å². The number of nitrogens with one attached hydrogen (secondary N) is 1. The Bertz CT molecular complexity index is 1250. The monoisotopic (exact) mass is 517 g/mol. The van der Waals surface area contributed by atoms with Crippen LogP contribution in [0.1, 0.15) is 48.1 Å². The summed E-state index contributed by atoms with van der Waals surface area (Å²) in [6.07, 6.45) is 4.48. The molecule has 2 aromatic heterocycles. The molecular formula is C25H29F2N5O3S. The van der Waals surface area contributed by atoms with Crippen LogP contribution in [-0.4, -0.2) is 57.3 Å². The highest BCUT2D eigenvalue weighted by Gasteiger charge is 2.34. The van der Waals surface area contributed by atoms with Crippen LogP contribution >= 0.6 is 0 Å². The second-order valence-electron chi connectivity index (χ2n) is 9.37. The summed E-state index contributed by atoms with van der Waals surface area (Å²) in [7, 11) is 1.64. The molecule has 0 radical (unpaired) electrons. The van der Waals surface area contributed by atoms with Gasteiger partial charge in [-0.25, -0.2) is 13.3 Å². The average Bonchev–Trinajstić information content (AvgIpc) is 3.46. The van der Waals surface area contributed by atoms with E-state index in [9.17, 15) is 18.1 Å². The fourth-order valence-electron chi connectivity index (χ4n) is 4.40. The van der Waals surface area contributed by atoms with Gasteiger partial charge in [0.1, 0.15) is 17.7 Å². The zero-order valence-corrected chi connectivity index (χ0v) is 21.0. The van der Waals surface area contributed by atoms with Crippen molar-refractivity contribution in [2.45, 2.75) is 38.4 Å². The van der Waals surface area contributed by atoms with E-state index in [0.29, 0.717) is 41.6 Å². The molecule has 1 saturated carbocycles. The number of carbonyl (C=O) groups is 1. The second-order valence-corrected chi connectivity index (χ2v) is 10.7. The van der Waals surface area contributed by atoms with E-state index in [2.05, 4.69) is 9.82 Å². The zero-order valence-electron chi connectivity index (χ0n) is 20.2. The van der Waals surface area contributed by atoms with Crippen molar-refractivity contribution in [3.8, 4) is 5.75 Å². The highest BCUT2D eigenvalue weighted by Crippen LogP contribution is 2.39. The number of fused-ring (bicyclic) bond motifs is 1. The van der Waals surface area contributed by atoms with Gasteiger partial charge in [0.25, 0.3) is 5.91 Å². The summed E-state index contributed by atoms with van der Waals surface area (Å²) in [5, 5.41) is 4.22. The molecule has 2 fully saturated rings. The summed E-state index contributed by atoms with van der Waals surface area (Å²) in [6, 6.07) is 7.73. The number of aromatic nitrogens is 2. The van der Waals surface area contributed by atoms with Crippen molar-refractivity contribution in [3.63, 3.8) is 0 Å². The number of carbonyl (C=O) groups excluding carboxylic acids is 1. The van der Waals surface area contributed by atoms with Crippen molar-refractivity contribution in [1.29, 1.82) is 0 Å². The first-order valence-electron chi connectivity index (χ1n) is 12.1. The Morgan fingerprint density at radius 1 is 1.33 bits per heavy atom. The zero-order chi connectivity index (χ0) is 25.4. The highest BCUT2D eigenvalue weighted by molar-refractivity contribution is 7.87. The average molecular weight is 518 g/mol. The third-order valence-corrected chi connectivity index (χ3v) is 7.89. The first kappa shape index (κ1) is 24.8. The molecule has 2 unspecified atom stereocenters. The largest absolute Gasteiger partial charge is 0.573 e. The maximum Gasteiger partial charge on any atom is 0.297 e. The van der Waals surface area contributed by atoms with Gasteiger partial charge in [0.15, 0.2) is 11.5 Å². The van der Waals surface area contributed by atoms with Crippen LogP contribution < -0.4 is 14.4 Å². The molecule has 3 heterocycles. The van der Waals surface area contributed by atoms with Gasteiger partial charge in [-0.1, -0.05) is 0 Å². The smallest absolute Gasteiger partial charge is 0.297 e. The molecule has 1 saturated heterocycles. The summed E-state index contributed by atoms with van der Waals surface area (Å²) in [5.41, 5.74) is 2.07. The number of anilines is 1. The van der Waals surface area contributed by atoms with E-state index in [0.717, 1.165) is 12.8 Å². The molecule has 2 aliphatic rings. The number of hydrogen-bond acceptors (Lipinski definition) is 6. The SMILES string of the molecule is CCN(C)[S+]([O-])NC(=O)c1cnn2ccc(N3CC(F)C[C@@H]3c3cc(F)cc(OCC4CC4)c3)cc12. The Morgan fingerprint density at radius 3 is 2.89 bits per heavy atom. The molecule has 3 aromatic rings. The molecule has 1 aliphatic heterocycles. The van der Waals surface area contributed by atoms with Gasteiger partial charge < -0.3 is 14.2 Å². The third-order valence-electron chi connectivity index (χ3n) is 6.70. The molecule has 8 nitrogen and oxygen atoms in total. The number of nitrogens with zero attached hydrogens (tertiary/aromatic N) is 4. The number of benzene rings is 1. The van der Waals surface area contributed by atoms with E-state index in [1.54, 1.807) is 31.4 Å². The van der Waals surface area contributed by atoms with Crippen molar-refractivity contribution in [1.82, 2.24) is 18.6 Å². The van der Waals surface area contributed by atoms with Crippen molar-refractivity contribution in [3.05, 3.63) is 59.7 Å². The summed E-state index contributed by atoms with van der Waals surface area (Å²) < 4.78 is 52.7. The number of halogens is 2. The summed E-state index contributed by atoms with van der Waals surface area (Å²) in [4.78, 5) is 14.7. The minimum Gasteiger partial charge on any atom is -0.573 e. The molecule has 36 heavy (non-hydrogen) atoms. The highest BCUT2D eigenvalue weighted by atomic mass is 32.2. The van der Waals surface area contributed by atoms with Crippen LogP contribution in [0.3, 0.4) is 0 Å². The first-order chi connectivity index (χ1) is 17.3. The first-order valence-corrected chi connectivity index (χ1v) is 13.2. The maximum absolute atomic E-state index is 14.7. The van der Waals surface area contributed by atoms with E-state index in [1.165, 1.54) is 27.2 Å². The number of hydrogen-bond donors (Lipinski definition) is 1. The molecule has 0 spiro atoms. The molecule has 1 amide bonds. The quantitative estimate of drug-likeness (QED) is 0.435. The Labute approximate surface area is 211 Å². The number of ether oxygens (including phenoxy) is 1. The molecular weight excluding hydrogens is 488 g/mol. The van der Waals surface area contributed by atoms with Crippen molar-refractivity contribution in [2.24, 2.45) is 5.92 Å². The van der Waals surface area contributed by atoms with Gasteiger partial charge in [-0.05, 0) is 55.5 Å². The van der Waals surface area contributed by atoms with E-state index < -0.39 is 35.5 Å². The van der Waals surface area contributed by atoms with Gasteiger partial charge in [0.05, 0.1) is 29.9 Å². The number of alkyl halides is 1. The lowest BCUT2D eigenvalue weighted by Gasteiger charge is -2.27. The van der Waals surface area contributed by atoms with E-state index in [4.69, 9.17) is 4.74 Å². The van der Waals surface area contributed by atoms with Gasteiger partial charge in [0, 0.05) is 44.5 Å². The minimum atomic E-state index is -1.68. The van der Waals surface area contributed by atoms with E-state index >= 15 is 0 Å². The molecule has 1 aromatic carbocycles. The number of rotatable bonds is 9. The van der Waals surface area contributed by atoms with Crippen LogP contribution in [0.2, 0.25) is 0 Å². The topological polar surface area (TPSA) is 85.2 Å². The second kappa shape index (κ2) is 10.2. The summed E-state index contributed by atoms with van der Waals surface area (Å²) >= 11 is -1.68. The molecule has 3 atom stereocenters. The van der Waals surface area contributed by atoms with Gasteiger partial charge in [-0.2, -0.15) is 5.10 Å². The molecule has 192 valence electrons. The van der Waals surface area contributed by atoms with Crippen LogP contribution in [0.4, 0.5) is 14.5 Å². The molecule has 11 heteroatoms. The Morgan fingerprint density at radius 2 is 2.14 bits per heavy atom. The maximum atomic E-state index is 14.7. The van der Waals surface area contributed by atoms with Crippen molar-refractivity contribution >= 4 is 28.7 Å². The van der Waals surface area contributed by atoms with Crippen LogP contribution in [0, 0.1) is 11.7 Å². The fraction of sp³-hybridized carbons (Fsp3) is 0.440. The van der Waals surface area contributed by atoms with E-state index in [1.807, 2.05) is 11.8 Å². The van der Waals surface area contributed by atoms with Gasteiger partial charge in [-0.3, -0.25) is 4.79 Å². The normalized spacial score (nSPS) is 20.8. The Kier molecular flexibility index (Phi) is 7.05. The summed E-state index contributed by atoms with van der Waals surface area (Å²) in [5.74, 6) is 0.0402. The molecule has 0 bridgehead atoms. The lowest BCUT2D eigenvalue weighted by molar-refractivity contribution is 0.0981. The number of amides is 1. The lowest BCUT2D eigenvalue weighted by Crippen LogP contribution is -2.41. The Hall–Kier alpha value is -2.89. The molecule has 5 rings (SSSR count). The van der Waals surface area contributed by atoms with Crippen LogP contribution in [0.25, 0.3) is 5.52 Å².